The largest absolute Gasteiger partial charge is 0.310 e. The van der Waals surface area contributed by atoms with Crippen LogP contribution in [0.5, 0.6) is 0 Å². The zero-order chi connectivity index (χ0) is 15.9. The number of H-pyrrole nitrogens is 1. The van der Waals surface area contributed by atoms with E-state index >= 15 is 0 Å². The summed E-state index contributed by atoms with van der Waals surface area (Å²) >= 11 is 17.0. The molecular weight excluding hydrogens is 407 g/mol. The molecule has 2 heterocycles. The topological polar surface area (TPSA) is 45.8 Å². The Balaban J connectivity index is 2.28. The van der Waals surface area contributed by atoms with Crippen LogP contribution in [-0.2, 0) is 6.42 Å². The molecule has 0 amide bonds. The van der Waals surface area contributed by atoms with Crippen LogP contribution in [0.4, 0.5) is 0 Å². The fourth-order valence-electron chi connectivity index (χ4n) is 2.37. The lowest BCUT2D eigenvalue weighted by atomic mass is 10.0. The number of aryl methyl sites for hydroxylation is 2. The molecule has 7 heteroatoms. The number of hydrogen-bond donors (Lipinski definition) is 1. The van der Waals surface area contributed by atoms with Gasteiger partial charge in [-0.3, -0.25) is 4.79 Å². The van der Waals surface area contributed by atoms with Crippen molar-refractivity contribution in [2.45, 2.75) is 13.3 Å². The molecule has 0 saturated carbocycles. The number of aromatic nitrogens is 2. The molecule has 0 aliphatic heterocycles. The summed E-state index contributed by atoms with van der Waals surface area (Å²) in [5.41, 5.74) is 1.63. The van der Waals surface area contributed by atoms with E-state index in [2.05, 4.69) is 25.9 Å². The van der Waals surface area contributed by atoms with Crippen molar-refractivity contribution in [3.05, 3.63) is 49.3 Å². The first-order valence-electron chi connectivity index (χ1n) is 6.55. The summed E-state index contributed by atoms with van der Waals surface area (Å²) in [5, 5.41) is 2.33. The molecule has 3 nitrogen and oxygen atoms in total. The zero-order valence-electron chi connectivity index (χ0n) is 11.5. The number of thiophene rings is 1. The minimum absolute atomic E-state index is 0.119. The van der Waals surface area contributed by atoms with Crippen LogP contribution in [0.25, 0.3) is 21.3 Å². The van der Waals surface area contributed by atoms with Gasteiger partial charge in [-0.25, -0.2) is 4.98 Å². The van der Waals surface area contributed by atoms with Gasteiger partial charge in [0.2, 0.25) is 0 Å². The van der Waals surface area contributed by atoms with Gasteiger partial charge in [-0.2, -0.15) is 0 Å². The van der Waals surface area contributed by atoms with E-state index in [1.165, 1.54) is 11.3 Å². The fourth-order valence-corrected chi connectivity index (χ4v) is 4.11. The van der Waals surface area contributed by atoms with E-state index in [4.69, 9.17) is 23.2 Å². The average Bonchev–Trinajstić information content (AvgIpc) is 2.79. The maximum Gasteiger partial charge on any atom is 0.260 e. The van der Waals surface area contributed by atoms with E-state index in [0.29, 0.717) is 27.7 Å². The van der Waals surface area contributed by atoms with Gasteiger partial charge in [0.1, 0.15) is 10.7 Å². The molecule has 0 radical (unpaired) electrons. The Morgan fingerprint density at radius 3 is 2.77 bits per heavy atom. The molecule has 0 aliphatic rings. The Kier molecular flexibility index (Phi) is 4.59. The molecule has 3 aromatic rings. The minimum atomic E-state index is -0.119. The minimum Gasteiger partial charge on any atom is -0.310 e. The Morgan fingerprint density at radius 1 is 1.32 bits per heavy atom. The molecular formula is C15H11BrCl2N2OS. The van der Waals surface area contributed by atoms with Crippen LogP contribution in [-0.4, -0.2) is 15.3 Å². The number of hydrogen-bond acceptors (Lipinski definition) is 3. The molecule has 2 aromatic heterocycles. The molecule has 0 unspecified atom stereocenters. The Bertz CT molecular complexity index is 920. The van der Waals surface area contributed by atoms with Gasteiger partial charge >= 0.3 is 0 Å². The second-order valence-corrected chi connectivity index (χ2v) is 7.60. The van der Waals surface area contributed by atoms with Gasteiger partial charge in [-0.1, -0.05) is 45.2 Å². The molecule has 114 valence electrons. The molecule has 0 aliphatic carbocycles. The lowest BCUT2D eigenvalue weighted by Crippen LogP contribution is -2.11. The van der Waals surface area contributed by atoms with Crippen LogP contribution in [0.3, 0.4) is 0 Å². The van der Waals surface area contributed by atoms with Crippen molar-refractivity contribution in [3.63, 3.8) is 0 Å². The van der Waals surface area contributed by atoms with Crippen molar-refractivity contribution < 1.29 is 0 Å². The SMILES string of the molecule is Cc1sc2nc(CCBr)[nH]c(=O)c2c1-c1ccc(Cl)c(Cl)c1. The van der Waals surface area contributed by atoms with E-state index < -0.39 is 0 Å². The summed E-state index contributed by atoms with van der Waals surface area (Å²) in [6.07, 6.45) is 0.685. The first-order valence-corrected chi connectivity index (χ1v) is 9.24. The summed E-state index contributed by atoms with van der Waals surface area (Å²) in [4.78, 5) is 21.6. The molecule has 0 fully saturated rings. The van der Waals surface area contributed by atoms with Crippen LogP contribution in [0.15, 0.2) is 23.0 Å². The smallest absolute Gasteiger partial charge is 0.260 e. The van der Waals surface area contributed by atoms with Gasteiger partial charge in [-0.15, -0.1) is 11.3 Å². The molecule has 0 bridgehead atoms. The van der Waals surface area contributed by atoms with Gasteiger partial charge in [0, 0.05) is 22.2 Å². The van der Waals surface area contributed by atoms with E-state index in [9.17, 15) is 4.79 Å². The number of halogens is 3. The third-order valence-electron chi connectivity index (χ3n) is 3.33. The summed E-state index contributed by atoms with van der Waals surface area (Å²) in [6, 6.07) is 5.39. The molecule has 1 N–H and O–H groups in total. The lowest BCUT2D eigenvalue weighted by molar-refractivity contribution is 0.960. The summed E-state index contributed by atoms with van der Waals surface area (Å²) < 4.78 is 0. The predicted octanol–water partition coefficient (Wildman–Crippen LogP) is 5.20. The monoisotopic (exact) mass is 416 g/mol. The van der Waals surface area contributed by atoms with Crippen LogP contribution >= 0.6 is 50.5 Å². The van der Waals surface area contributed by atoms with Crippen LogP contribution in [0.2, 0.25) is 10.0 Å². The number of rotatable bonds is 3. The van der Waals surface area contributed by atoms with Crippen LogP contribution in [0.1, 0.15) is 10.7 Å². The fraction of sp³-hybridized carbons (Fsp3) is 0.200. The van der Waals surface area contributed by atoms with Crippen molar-refractivity contribution in [1.29, 1.82) is 0 Å². The summed E-state index contributed by atoms with van der Waals surface area (Å²) in [7, 11) is 0. The lowest BCUT2D eigenvalue weighted by Gasteiger charge is -2.04. The number of benzene rings is 1. The highest BCUT2D eigenvalue weighted by atomic mass is 79.9. The molecule has 0 atom stereocenters. The predicted molar refractivity (Wildman–Crippen MR) is 97.9 cm³/mol. The average molecular weight is 418 g/mol. The first kappa shape index (κ1) is 16.0. The Hall–Kier alpha value is -0.880. The van der Waals surface area contributed by atoms with Gasteiger partial charge in [0.25, 0.3) is 5.56 Å². The number of nitrogens with one attached hydrogen (secondary N) is 1. The molecule has 0 spiro atoms. The second kappa shape index (κ2) is 6.32. The number of alkyl halides is 1. The Morgan fingerprint density at radius 2 is 2.09 bits per heavy atom. The van der Waals surface area contributed by atoms with E-state index in [0.717, 1.165) is 26.2 Å². The van der Waals surface area contributed by atoms with E-state index in [-0.39, 0.29) is 5.56 Å². The van der Waals surface area contributed by atoms with E-state index in [1.54, 1.807) is 12.1 Å². The molecule has 0 saturated heterocycles. The van der Waals surface area contributed by atoms with Crippen molar-refractivity contribution in [2.24, 2.45) is 0 Å². The first-order chi connectivity index (χ1) is 10.5. The van der Waals surface area contributed by atoms with E-state index in [1.807, 2.05) is 13.0 Å². The highest BCUT2D eigenvalue weighted by Gasteiger charge is 2.17. The number of fused-ring (bicyclic) bond motifs is 1. The second-order valence-electron chi connectivity index (χ2n) is 4.79. The van der Waals surface area contributed by atoms with Crippen molar-refractivity contribution in [1.82, 2.24) is 9.97 Å². The normalized spacial score (nSPS) is 11.3. The van der Waals surface area contributed by atoms with Gasteiger partial charge in [0.15, 0.2) is 0 Å². The third-order valence-corrected chi connectivity index (χ3v) is 5.46. The maximum absolute atomic E-state index is 12.5. The third kappa shape index (κ3) is 2.83. The van der Waals surface area contributed by atoms with Gasteiger partial charge in [0.05, 0.1) is 15.4 Å². The summed E-state index contributed by atoms with van der Waals surface area (Å²) in [5.74, 6) is 0.691. The molecule has 3 rings (SSSR count). The van der Waals surface area contributed by atoms with Gasteiger partial charge in [-0.05, 0) is 24.6 Å². The van der Waals surface area contributed by atoms with Crippen molar-refractivity contribution in [2.75, 3.05) is 5.33 Å². The van der Waals surface area contributed by atoms with Crippen LogP contribution in [0, 0.1) is 6.92 Å². The van der Waals surface area contributed by atoms with Crippen molar-refractivity contribution in [3.8, 4) is 11.1 Å². The van der Waals surface area contributed by atoms with Crippen LogP contribution < -0.4 is 5.56 Å². The van der Waals surface area contributed by atoms with Crippen molar-refractivity contribution >= 4 is 60.7 Å². The maximum atomic E-state index is 12.5. The summed E-state index contributed by atoms with van der Waals surface area (Å²) in [6.45, 7) is 1.98. The highest BCUT2D eigenvalue weighted by Crippen LogP contribution is 2.37. The highest BCUT2D eigenvalue weighted by molar-refractivity contribution is 9.09. The number of nitrogens with zero attached hydrogens (tertiary/aromatic N) is 1. The molecule has 22 heavy (non-hydrogen) atoms. The molecule has 1 aromatic carbocycles. The zero-order valence-corrected chi connectivity index (χ0v) is 15.5. The standard InChI is InChI=1S/C15H11BrCl2N2OS/c1-7-12(8-2-3-9(17)10(18)6-8)13-14(21)19-11(4-5-16)20-15(13)22-7/h2-3,6H,4-5H2,1H3,(H,19,20,21). The van der Waals surface area contributed by atoms with Gasteiger partial charge < -0.3 is 4.98 Å². The Labute approximate surface area is 149 Å². The number of aromatic amines is 1. The quantitative estimate of drug-likeness (QED) is 0.595.